The number of benzene rings is 1. The summed E-state index contributed by atoms with van der Waals surface area (Å²) in [7, 11) is 0. The van der Waals surface area contributed by atoms with E-state index in [0.717, 1.165) is 46.7 Å². The number of aliphatic hydroxyl groups excluding tert-OH is 2. The molecule has 0 bridgehead atoms. The number of carbonyl (C=O) groups excluding carboxylic acids is 1. The minimum absolute atomic E-state index is 0.00503. The molecule has 1 aromatic carbocycles. The van der Waals surface area contributed by atoms with Crippen LogP contribution in [0.1, 0.15) is 30.5 Å². The van der Waals surface area contributed by atoms with Crippen molar-refractivity contribution in [3.8, 4) is 28.6 Å². The molecule has 188 valence electrons. The first kappa shape index (κ1) is 26.1. The zero-order chi connectivity index (χ0) is 25.5. The number of hydrogen-bond donors (Lipinski definition) is 3. The van der Waals surface area contributed by atoms with Gasteiger partial charge in [-0.3, -0.25) is 4.79 Å². The third kappa shape index (κ3) is 6.34. The van der Waals surface area contributed by atoms with Crippen LogP contribution in [-0.2, 0) is 4.79 Å². The van der Waals surface area contributed by atoms with E-state index in [2.05, 4.69) is 39.2 Å². The number of aromatic nitrogens is 3. The summed E-state index contributed by atoms with van der Waals surface area (Å²) in [5.74, 6) is 1.88. The fraction of sp³-hybridized carbons (Fsp3) is 0.440. The van der Waals surface area contributed by atoms with E-state index in [9.17, 15) is 9.90 Å². The Hall–Kier alpha value is -3.50. The molecule has 35 heavy (non-hydrogen) atoms. The molecular formula is C25H33N5O5. The number of nitrogens with zero attached hydrogens (tertiary/aromatic N) is 4. The molecule has 0 unspecified atom stereocenters. The van der Waals surface area contributed by atoms with Gasteiger partial charge in [-0.15, -0.1) is 0 Å². The van der Waals surface area contributed by atoms with Crippen molar-refractivity contribution in [2.45, 2.75) is 40.7 Å². The predicted octanol–water partition coefficient (Wildman–Crippen LogP) is 2.42. The highest BCUT2D eigenvalue weighted by Crippen LogP contribution is 2.31. The van der Waals surface area contributed by atoms with Gasteiger partial charge in [0.2, 0.25) is 11.7 Å². The highest BCUT2D eigenvalue weighted by Gasteiger charge is 2.17. The summed E-state index contributed by atoms with van der Waals surface area (Å²) >= 11 is 0. The van der Waals surface area contributed by atoms with Crippen molar-refractivity contribution in [2.75, 3.05) is 37.7 Å². The Morgan fingerprint density at radius 1 is 1.11 bits per heavy atom. The number of ether oxygens (including phenoxy) is 1. The van der Waals surface area contributed by atoms with E-state index in [4.69, 9.17) is 14.4 Å². The van der Waals surface area contributed by atoms with Crippen LogP contribution in [0.3, 0.4) is 0 Å². The van der Waals surface area contributed by atoms with E-state index >= 15 is 0 Å². The molecular weight excluding hydrogens is 450 g/mol. The summed E-state index contributed by atoms with van der Waals surface area (Å²) in [4.78, 5) is 22.5. The Balaban J connectivity index is 1.74. The van der Waals surface area contributed by atoms with E-state index < -0.39 is 18.6 Å². The van der Waals surface area contributed by atoms with Gasteiger partial charge in [-0.05, 0) is 69.5 Å². The lowest BCUT2D eigenvalue weighted by atomic mass is 10.1. The van der Waals surface area contributed by atoms with Crippen LogP contribution in [0, 0.1) is 20.8 Å². The summed E-state index contributed by atoms with van der Waals surface area (Å²) in [6, 6.07) is 5.79. The molecule has 1 amide bonds. The third-order valence-corrected chi connectivity index (χ3v) is 5.60. The van der Waals surface area contributed by atoms with E-state index in [0.29, 0.717) is 17.5 Å². The zero-order valence-corrected chi connectivity index (χ0v) is 20.8. The topological polar surface area (TPSA) is 134 Å². The lowest BCUT2D eigenvalue weighted by molar-refractivity contribution is -0.124. The first-order valence-electron chi connectivity index (χ1n) is 11.6. The number of aryl methyl sites for hydroxylation is 3. The largest absolute Gasteiger partial charge is 0.490 e. The number of hydrogen-bond acceptors (Lipinski definition) is 9. The summed E-state index contributed by atoms with van der Waals surface area (Å²) in [5.41, 5.74) is 4.27. The third-order valence-electron chi connectivity index (χ3n) is 5.60. The van der Waals surface area contributed by atoms with Gasteiger partial charge in [0.25, 0.3) is 5.89 Å². The minimum Gasteiger partial charge on any atom is -0.490 e. The first-order valence-corrected chi connectivity index (χ1v) is 11.6. The molecule has 2 heterocycles. The lowest BCUT2D eigenvalue weighted by Gasteiger charge is -2.21. The van der Waals surface area contributed by atoms with E-state index in [-0.39, 0.29) is 13.2 Å². The molecule has 0 spiro atoms. The van der Waals surface area contributed by atoms with E-state index in [1.165, 1.54) is 0 Å². The maximum atomic E-state index is 11.1. The molecule has 0 saturated heterocycles. The van der Waals surface area contributed by atoms with Gasteiger partial charge in [0, 0.05) is 31.4 Å². The van der Waals surface area contributed by atoms with Crippen LogP contribution in [0.4, 0.5) is 5.82 Å². The normalized spacial score (nSPS) is 11.9. The summed E-state index contributed by atoms with van der Waals surface area (Å²) in [6.07, 6.45) is 0.841. The standard InChI is InChI=1S/C25H33N5O5/c1-6-30(7-2)24-17(5)10-19(11-27-24)25-28-23(29-35-25)18-8-15(3)22(16(4)9-18)34-14-20(32)12-26-21(33)13-31/h8-11,20,31-32H,6-7,12-14H2,1-5H3,(H,26,33)/t20-/m0/s1. The quantitative estimate of drug-likeness (QED) is 0.376. The molecule has 0 saturated carbocycles. The molecule has 0 aliphatic rings. The maximum Gasteiger partial charge on any atom is 0.259 e. The molecule has 0 fully saturated rings. The number of aliphatic hydroxyl groups is 2. The van der Waals surface area contributed by atoms with E-state index in [1.807, 2.05) is 39.0 Å². The number of rotatable bonds is 11. The highest BCUT2D eigenvalue weighted by molar-refractivity contribution is 5.76. The van der Waals surface area contributed by atoms with Gasteiger partial charge in [0.15, 0.2) is 0 Å². The molecule has 3 rings (SSSR count). The van der Waals surface area contributed by atoms with Crippen LogP contribution in [0.25, 0.3) is 22.8 Å². The molecule has 0 aliphatic heterocycles. The lowest BCUT2D eigenvalue weighted by Crippen LogP contribution is -2.36. The van der Waals surface area contributed by atoms with Crippen molar-refractivity contribution in [1.82, 2.24) is 20.4 Å². The maximum absolute atomic E-state index is 11.1. The number of nitrogens with one attached hydrogen (secondary N) is 1. The highest BCUT2D eigenvalue weighted by atomic mass is 16.5. The molecule has 3 N–H and O–H groups in total. The van der Waals surface area contributed by atoms with E-state index in [1.54, 1.807) is 6.20 Å². The van der Waals surface area contributed by atoms with Gasteiger partial charge in [-0.1, -0.05) is 5.16 Å². The number of pyridine rings is 1. The molecule has 10 heteroatoms. The van der Waals surface area contributed by atoms with Crippen LogP contribution in [0.5, 0.6) is 5.75 Å². The Labute approximate surface area is 205 Å². The summed E-state index contributed by atoms with van der Waals surface area (Å²) in [5, 5.41) is 25.3. The van der Waals surface area contributed by atoms with Crippen molar-refractivity contribution in [1.29, 1.82) is 0 Å². The Bertz CT molecular complexity index is 1140. The molecule has 3 aromatic rings. The second-order valence-corrected chi connectivity index (χ2v) is 8.33. The second kappa shape index (κ2) is 11.8. The van der Waals surface area contributed by atoms with Crippen molar-refractivity contribution in [2.24, 2.45) is 0 Å². The number of carbonyl (C=O) groups is 1. The first-order chi connectivity index (χ1) is 16.8. The van der Waals surface area contributed by atoms with Crippen molar-refractivity contribution in [3.63, 3.8) is 0 Å². The van der Waals surface area contributed by atoms with Crippen LogP contribution in [0.15, 0.2) is 28.9 Å². The summed E-state index contributed by atoms with van der Waals surface area (Å²) in [6.45, 7) is 11.1. The monoisotopic (exact) mass is 483 g/mol. The molecule has 1 atom stereocenters. The van der Waals surface area contributed by atoms with Crippen LogP contribution >= 0.6 is 0 Å². The number of amides is 1. The van der Waals surface area contributed by atoms with Gasteiger partial charge in [0.1, 0.15) is 30.9 Å². The smallest absolute Gasteiger partial charge is 0.259 e. The van der Waals surface area contributed by atoms with Gasteiger partial charge >= 0.3 is 0 Å². The van der Waals surface area contributed by atoms with Crippen LogP contribution < -0.4 is 15.0 Å². The Morgan fingerprint density at radius 3 is 2.37 bits per heavy atom. The average Bonchev–Trinajstić information content (AvgIpc) is 3.34. The predicted molar refractivity (Wildman–Crippen MR) is 132 cm³/mol. The van der Waals surface area contributed by atoms with Gasteiger partial charge in [-0.2, -0.15) is 4.98 Å². The van der Waals surface area contributed by atoms with Gasteiger partial charge < -0.3 is 29.7 Å². The Kier molecular flexibility index (Phi) is 8.78. The van der Waals surface area contributed by atoms with Crippen molar-refractivity contribution < 1.29 is 24.3 Å². The van der Waals surface area contributed by atoms with Crippen molar-refractivity contribution in [3.05, 3.63) is 41.1 Å². The second-order valence-electron chi connectivity index (χ2n) is 8.33. The van der Waals surface area contributed by atoms with Crippen LogP contribution in [0.2, 0.25) is 0 Å². The SMILES string of the molecule is CCN(CC)c1ncc(-c2nc(-c3cc(C)c(OC[C@@H](O)CNC(=O)CO)c(C)c3)no2)cc1C. The fourth-order valence-electron chi connectivity index (χ4n) is 3.83. The zero-order valence-electron chi connectivity index (χ0n) is 20.8. The van der Waals surface area contributed by atoms with Gasteiger partial charge in [-0.25, -0.2) is 4.98 Å². The van der Waals surface area contributed by atoms with Crippen LogP contribution in [-0.4, -0.2) is 70.2 Å². The molecule has 2 aromatic heterocycles. The van der Waals surface area contributed by atoms with Gasteiger partial charge in [0.05, 0.1) is 5.56 Å². The number of anilines is 1. The minimum atomic E-state index is -0.908. The molecule has 0 radical (unpaired) electrons. The fourth-order valence-corrected chi connectivity index (χ4v) is 3.83. The van der Waals surface area contributed by atoms with Crippen molar-refractivity contribution >= 4 is 11.7 Å². The summed E-state index contributed by atoms with van der Waals surface area (Å²) < 4.78 is 11.3. The average molecular weight is 484 g/mol. The molecule has 0 aliphatic carbocycles. The molecule has 10 nitrogen and oxygen atoms in total. The Morgan fingerprint density at radius 2 is 1.77 bits per heavy atom.